The maximum Gasteiger partial charge on any atom is 0.407 e. The molecule has 4 rings (SSSR count). The second-order valence-corrected chi connectivity index (χ2v) is 9.32. The molecule has 0 radical (unpaired) electrons. The Balaban J connectivity index is 0.00000167. The fourth-order valence-corrected chi connectivity index (χ4v) is 3.61. The molecule has 2 heterocycles. The van der Waals surface area contributed by atoms with Gasteiger partial charge in [-0.25, -0.2) is 19.6 Å². The fraction of sp³-hybridized carbons (Fsp3) is 0.481. The van der Waals surface area contributed by atoms with Crippen molar-refractivity contribution >= 4 is 23.1 Å². The summed E-state index contributed by atoms with van der Waals surface area (Å²) in [5.41, 5.74) is 2.56. The van der Waals surface area contributed by atoms with Crippen LogP contribution in [-0.4, -0.2) is 38.8 Å². The number of esters is 1. The summed E-state index contributed by atoms with van der Waals surface area (Å²) in [5.74, 6) is 0.169. The lowest BCUT2D eigenvalue weighted by atomic mass is 10.1. The minimum Gasteiger partial charge on any atom is -0.460 e. The zero-order valence-corrected chi connectivity index (χ0v) is 21.6. The number of alkyl carbamates (subject to hydrolysis) is 1. The predicted molar refractivity (Wildman–Crippen MR) is 136 cm³/mol. The number of carbonyl (C=O) groups excluding carboxylic acids is 2. The van der Waals surface area contributed by atoms with E-state index >= 15 is 0 Å². The number of fused-ring (bicyclic) bond motifs is 1. The van der Waals surface area contributed by atoms with E-state index in [2.05, 4.69) is 19.9 Å². The SMILES string of the molecule is CC.CCOC(=O)c1nc(-c2cccc(CNC(=O)OC(C)(C)C)c2)c2ccn(CC3CC3)c2n1. The molecule has 1 saturated carbocycles. The van der Waals surface area contributed by atoms with E-state index in [0.29, 0.717) is 18.2 Å². The molecule has 1 aliphatic rings. The molecule has 0 saturated heterocycles. The van der Waals surface area contributed by atoms with Crippen molar-refractivity contribution in [3.8, 4) is 11.3 Å². The molecule has 1 fully saturated rings. The Hall–Kier alpha value is -3.42. The summed E-state index contributed by atoms with van der Waals surface area (Å²) in [6, 6.07) is 9.70. The van der Waals surface area contributed by atoms with Crippen LogP contribution < -0.4 is 5.32 Å². The average Bonchev–Trinajstić information content (AvgIpc) is 3.56. The summed E-state index contributed by atoms with van der Waals surface area (Å²) in [6.45, 7) is 12.7. The summed E-state index contributed by atoms with van der Waals surface area (Å²) in [5, 5.41) is 3.65. The van der Waals surface area contributed by atoms with Gasteiger partial charge in [-0.1, -0.05) is 32.0 Å². The molecular formula is C27H36N4O4. The summed E-state index contributed by atoms with van der Waals surface area (Å²) < 4.78 is 12.6. The van der Waals surface area contributed by atoms with Gasteiger partial charge in [0.2, 0.25) is 5.82 Å². The van der Waals surface area contributed by atoms with Gasteiger partial charge in [0.15, 0.2) is 0 Å². The van der Waals surface area contributed by atoms with Crippen molar-refractivity contribution in [1.82, 2.24) is 19.9 Å². The highest BCUT2D eigenvalue weighted by Crippen LogP contribution is 2.33. The average molecular weight is 481 g/mol. The molecule has 1 amide bonds. The molecule has 0 atom stereocenters. The minimum atomic E-state index is -0.560. The number of ether oxygens (including phenoxy) is 2. The zero-order chi connectivity index (χ0) is 25.6. The van der Waals surface area contributed by atoms with Gasteiger partial charge in [0, 0.05) is 30.2 Å². The van der Waals surface area contributed by atoms with E-state index in [1.165, 1.54) is 12.8 Å². The number of hydrogen-bond acceptors (Lipinski definition) is 6. The summed E-state index contributed by atoms with van der Waals surface area (Å²) in [4.78, 5) is 33.6. The lowest BCUT2D eigenvalue weighted by Crippen LogP contribution is -2.32. The molecule has 0 aliphatic heterocycles. The Labute approximate surface area is 207 Å². The second kappa shape index (κ2) is 11.3. The number of nitrogens with one attached hydrogen (secondary N) is 1. The van der Waals surface area contributed by atoms with E-state index < -0.39 is 17.7 Å². The van der Waals surface area contributed by atoms with Gasteiger partial charge in [-0.15, -0.1) is 0 Å². The standard InChI is InChI=1S/C25H30N4O4.C2H6/c1-5-32-23(30)21-27-20(19-11-12-29(22(19)28-21)15-16-9-10-16)18-8-6-7-17(13-18)14-26-24(31)33-25(2,3)4;1-2/h6-8,11-13,16H,5,9-10,14-15H2,1-4H3,(H,26,31);1-2H3. The number of carbonyl (C=O) groups is 2. The molecule has 2 aromatic heterocycles. The molecule has 0 bridgehead atoms. The second-order valence-electron chi connectivity index (χ2n) is 9.32. The van der Waals surface area contributed by atoms with Crippen LogP contribution in [0.3, 0.4) is 0 Å². The highest BCUT2D eigenvalue weighted by atomic mass is 16.6. The topological polar surface area (TPSA) is 95.3 Å². The molecule has 1 aliphatic carbocycles. The lowest BCUT2D eigenvalue weighted by molar-refractivity contribution is 0.0506. The Morgan fingerprint density at radius 1 is 1.14 bits per heavy atom. The number of rotatable bonds is 7. The molecule has 3 aromatic rings. The molecule has 1 aromatic carbocycles. The van der Waals surface area contributed by atoms with Gasteiger partial charge in [0.1, 0.15) is 11.2 Å². The van der Waals surface area contributed by atoms with E-state index in [9.17, 15) is 9.59 Å². The maximum atomic E-state index is 12.5. The Morgan fingerprint density at radius 3 is 2.54 bits per heavy atom. The van der Waals surface area contributed by atoms with Crippen molar-refractivity contribution in [3.63, 3.8) is 0 Å². The first-order valence-electron chi connectivity index (χ1n) is 12.3. The third kappa shape index (κ3) is 7.04. The highest BCUT2D eigenvalue weighted by Gasteiger charge is 2.24. The highest BCUT2D eigenvalue weighted by molar-refractivity contribution is 5.95. The summed E-state index contributed by atoms with van der Waals surface area (Å²) >= 11 is 0. The Morgan fingerprint density at radius 2 is 1.89 bits per heavy atom. The van der Waals surface area contributed by atoms with Crippen LogP contribution in [0.5, 0.6) is 0 Å². The van der Waals surface area contributed by atoms with E-state index in [1.807, 2.05) is 71.1 Å². The van der Waals surface area contributed by atoms with Crippen LogP contribution in [0.2, 0.25) is 0 Å². The van der Waals surface area contributed by atoms with E-state index in [0.717, 1.165) is 28.7 Å². The number of amides is 1. The fourth-order valence-electron chi connectivity index (χ4n) is 3.61. The molecular weight excluding hydrogens is 444 g/mol. The van der Waals surface area contributed by atoms with Crippen molar-refractivity contribution < 1.29 is 19.1 Å². The molecule has 8 nitrogen and oxygen atoms in total. The van der Waals surface area contributed by atoms with Gasteiger partial charge >= 0.3 is 12.1 Å². The maximum absolute atomic E-state index is 12.5. The van der Waals surface area contributed by atoms with Gasteiger partial charge in [-0.2, -0.15) is 0 Å². The molecule has 1 N–H and O–H groups in total. The van der Waals surface area contributed by atoms with Crippen LogP contribution in [0, 0.1) is 5.92 Å². The first-order chi connectivity index (χ1) is 16.7. The van der Waals surface area contributed by atoms with Crippen LogP contribution >= 0.6 is 0 Å². The van der Waals surface area contributed by atoms with Crippen molar-refractivity contribution in [2.24, 2.45) is 5.92 Å². The van der Waals surface area contributed by atoms with Crippen molar-refractivity contribution in [1.29, 1.82) is 0 Å². The van der Waals surface area contributed by atoms with Gasteiger partial charge in [-0.3, -0.25) is 0 Å². The largest absolute Gasteiger partial charge is 0.460 e. The monoisotopic (exact) mass is 480 g/mol. The Bertz CT molecular complexity index is 1180. The quantitative estimate of drug-likeness (QED) is 0.434. The summed E-state index contributed by atoms with van der Waals surface area (Å²) in [7, 11) is 0. The van der Waals surface area contributed by atoms with E-state index in [1.54, 1.807) is 6.92 Å². The predicted octanol–water partition coefficient (Wildman–Crippen LogP) is 5.74. The number of aromatic nitrogens is 3. The lowest BCUT2D eigenvalue weighted by Gasteiger charge is -2.19. The van der Waals surface area contributed by atoms with Gasteiger partial charge in [0.05, 0.1) is 12.3 Å². The first-order valence-corrected chi connectivity index (χ1v) is 12.3. The van der Waals surface area contributed by atoms with Crippen molar-refractivity contribution in [2.45, 2.75) is 73.1 Å². The smallest absolute Gasteiger partial charge is 0.407 e. The number of nitrogens with zero attached hydrogens (tertiary/aromatic N) is 3. The van der Waals surface area contributed by atoms with Crippen LogP contribution in [0.4, 0.5) is 4.79 Å². The van der Waals surface area contributed by atoms with Gasteiger partial charge < -0.3 is 19.4 Å². The molecule has 8 heteroatoms. The minimum absolute atomic E-state index is 0.0485. The Kier molecular flexibility index (Phi) is 8.48. The van der Waals surface area contributed by atoms with Gasteiger partial charge in [-0.05, 0) is 64.2 Å². The van der Waals surface area contributed by atoms with E-state index in [4.69, 9.17) is 9.47 Å². The normalized spacial score (nSPS) is 13.1. The molecule has 0 spiro atoms. The molecule has 188 valence electrons. The third-order valence-electron chi connectivity index (χ3n) is 5.26. The van der Waals surface area contributed by atoms with Crippen molar-refractivity contribution in [2.75, 3.05) is 6.61 Å². The van der Waals surface area contributed by atoms with Crippen LogP contribution in [0.25, 0.3) is 22.3 Å². The third-order valence-corrected chi connectivity index (χ3v) is 5.26. The van der Waals surface area contributed by atoms with Crippen LogP contribution in [0.15, 0.2) is 36.5 Å². The van der Waals surface area contributed by atoms with Crippen LogP contribution in [0.1, 0.15) is 70.6 Å². The van der Waals surface area contributed by atoms with Gasteiger partial charge in [0.25, 0.3) is 0 Å². The molecule has 35 heavy (non-hydrogen) atoms. The first kappa shape index (κ1) is 26.2. The number of benzene rings is 1. The molecule has 0 unspecified atom stereocenters. The van der Waals surface area contributed by atoms with Crippen LogP contribution in [-0.2, 0) is 22.6 Å². The number of hydrogen-bond donors (Lipinski definition) is 1. The summed E-state index contributed by atoms with van der Waals surface area (Å²) in [6.07, 6.45) is 3.97. The van der Waals surface area contributed by atoms with E-state index in [-0.39, 0.29) is 12.4 Å². The van der Waals surface area contributed by atoms with Crippen molar-refractivity contribution in [3.05, 3.63) is 47.9 Å². The zero-order valence-electron chi connectivity index (χ0n) is 21.6.